The van der Waals surface area contributed by atoms with E-state index in [0.29, 0.717) is 10.9 Å². The highest BCUT2D eigenvalue weighted by atomic mass is 32.1. The lowest BCUT2D eigenvalue weighted by molar-refractivity contribution is -0.115. The van der Waals surface area contributed by atoms with Gasteiger partial charge in [0.1, 0.15) is 11.5 Å². The molecule has 2 heterocycles. The number of nitrogens with zero attached hydrogens (tertiary/aromatic N) is 2. The van der Waals surface area contributed by atoms with Crippen molar-refractivity contribution in [3.63, 3.8) is 0 Å². The number of rotatable bonds is 4. The van der Waals surface area contributed by atoms with Gasteiger partial charge in [0.2, 0.25) is 5.91 Å². The molecule has 0 saturated carbocycles. The van der Waals surface area contributed by atoms with Crippen LogP contribution in [0.2, 0.25) is 0 Å². The van der Waals surface area contributed by atoms with E-state index in [0.717, 1.165) is 27.2 Å². The lowest BCUT2D eigenvalue weighted by Gasteiger charge is -2.00. The number of carbonyl (C=O) groups excluding carboxylic acids is 1. The Morgan fingerprint density at radius 2 is 2.23 bits per heavy atom. The van der Waals surface area contributed by atoms with E-state index in [9.17, 15) is 4.79 Å². The normalized spacial score (nSPS) is 10.9. The van der Waals surface area contributed by atoms with E-state index in [2.05, 4.69) is 15.5 Å². The molecule has 1 aromatic carbocycles. The second-order valence-corrected chi connectivity index (χ2v) is 5.91. The largest absolute Gasteiger partial charge is 0.497 e. The highest BCUT2D eigenvalue weighted by molar-refractivity contribution is 7.22. The molecule has 0 radical (unpaired) electrons. The SMILES string of the molecule is COc1ccc2sc(NC(=O)Cc3c(C)noc3C)nc2c1. The third-order valence-corrected chi connectivity index (χ3v) is 4.31. The summed E-state index contributed by atoms with van der Waals surface area (Å²) in [4.78, 5) is 16.5. The first-order valence-electron chi connectivity index (χ1n) is 6.73. The predicted octanol–water partition coefficient (Wildman–Crippen LogP) is 3.09. The molecule has 1 N–H and O–H groups in total. The maximum absolute atomic E-state index is 12.1. The number of amides is 1. The van der Waals surface area contributed by atoms with Crippen LogP contribution in [0.25, 0.3) is 10.2 Å². The summed E-state index contributed by atoms with van der Waals surface area (Å²) in [7, 11) is 1.61. The van der Waals surface area contributed by atoms with Gasteiger partial charge in [0.25, 0.3) is 0 Å². The van der Waals surface area contributed by atoms with E-state index >= 15 is 0 Å². The van der Waals surface area contributed by atoms with Gasteiger partial charge in [0, 0.05) is 11.6 Å². The molecule has 1 amide bonds. The second-order valence-electron chi connectivity index (χ2n) is 4.88. The smallest absolute Gasteiger partial charge is 0.230 e. The molecule has 0 bridgehead atoms. The number of hydrogen-bond acceptors (Lipinski definition) is 6. The predicted molar refractivity (Wildman–Crippen MR) is 84.5 cm³/mol. The van der Waals surface area contributed by atoms with E-state index in [-0.39, 0.29) is 12.3 Å². The lowest BCUT2D eigenvalue weighted by Crippen LogP contribution is -2.14. The Morgan fingerprint density at radius 1 is 1.41 bits per heavy atom. The minimum absolute atomic E-state index is 0.138. The number of aromatic nitrogens is 2. The zero-order valence-corrected chi connectivity index (χ0v) is 13.3. The first-order chi connectivity index (χ1) is 10.6. The van der Waals surface area contributed by atoms with Crippen LogP contribution < -0.4 is 10.1 Å². The van der Waals surface area contributed by atoms with Crippen molar-refractivity contribution in [2.75, 3.05) is 12.4 Å². The number of hydrogen-bond donors (Lipinski definition) is 1. The van der Waals surface area contributed by atoms with Crippen LogP contribution in [0.4, 0.5) is 5.13 Å². The van der Waals surface area contributed by atoms with Gasteiger partial charge in [-0.2, -0.15) is 0 Å². The molecule has 0 aliphatic rings. The van der Waals surface area contributed by atoms with Crippen molar-refractivity contribution >= 4 is 32.6 Å². The Kier molecular flexibility index (Phi) is 3.81. The molecule has 22 heavy (non-hydrogen) atoms. The molecule has 114 valence electrons. The molecule has 0 unspecified atom stereocenters. The Hall–Kier alpha value is -2.41. The first kappa shape index (κ1) is 14.5. The van der Waals surface area contributed by atoms with Gasteiger partial charge in [-0.05, 0) is 26.0 Å². The molecule has 2 aromatic heterocycles. The van der Waals surface area contributed by atoms with Gasteiger partial charge in [-0.15, -0.1) is 0 Å². The standard InChI is InChI=1S/C15H15N3O3S/c1-8-11(9(2)21-18-8)7-14(19)17-15-16-12-6-10(20-3)4-5-13(12)22-15/h4-6H,7H2,1-3H3,(H,16,17,19). The van der Waals surface area contributed by atoms with E-state index < -0.39 is 0 Å². The van der Waals surface area contributed by atoms with Crippen molar-refractivity contribution < 1.29 is 14.1 Å². The summed E-state index contributed by atoms with van der Waals surface area (Å²) < 4.78 is 11.2. The number of fused-ring (bicyclic) bond motifs is 1. The third-order valence-electron chi connectivity index (χ3n) is 3.36. The average molecular weight is 317 g/mol. The van der Waals surface area contributed by atoms with Crippen LogP contribution in [-0.2, 0) is 11.2 Å². The van der Waals surface area contributed by atoms with Crippen LogP contribution in [0, 0.1) is 13.8 Å². The van der Waals surface area contributed by atoms with Gasteiger partial charge in [-0.25, -0.2) is 4.98 Å². The van der Waals surface area contributed by atoms with Crippen LogP contribution in [-0.4, -0.2) is 23.2 Å². The fourth-order valence-electron chi connectivity index (χ4n) is 2.17. The Balaban J connectivity index is 1.76. The van der Waals surface area contributed by atoms with Crippen molar-refractivity contribution in [2.45, 2.75) is 20.3 Å². The molecule has 0 spiro atoms. The summed E-state index contributed by atoms with van der Waals surface area (Å²) in [6, 6.07) is 5.64. The number of thiazole rings is 1. The van der Waals surface area contributed by atoms with Crippen LogP contribution in [0.15, 0.2) is 22.7 Å². The molecule has 7 heteroatoms. The second kappa shape index (κ2) is 5.76. The summed E-state index contributed by atoms with van der Waals surface area (Å²) in [5, 5.41) is 7.24. The van der Waals surface area contributed by atoms with Crippen molar-refractivity contribution in [1.29, 1.82) is 0 Å². The van der Waals surface area contributed by atoms with Crippen molar-refractivity contribution in [2.24, 2.45) is 0 Å². The van der Waals surface area contributed by atoms with Crippen LogP contribution >= 0.6 is 11.3 Å². The van der Waals surface area contributed by atoms with Gasteiger partial charge in [-0.3, -0.25) is 4.79 Å². The average Bonchev–Trinajstić information content (AvgIpc) is 3.03. The number of carbonyl (C=O) groups is 1. The number of aryl methyl sites for hydroxylation is 2. The summed E-state index contributed by atoms with van der Waals surface area (Å²) in [5.41, 5.74) is 2.36. The zero-order valence-electron chi connectivity index (χ0n) is 12.5. The summed E-state index contributed by atoms with van der Waals surface area (Å²) in [5.74, 6) is 1.27. The fraction of sp³-hybridized carbons (Fsp3) is 0.267. The van der Waals surface area contributed by atoms with Crippen LogP contribution in [0.3, 0.4) is 0 Å². The monoisotopic (exact) mass is 317 g/mol. The molecule has 3 rings (SSSR count). The van der Waals surface area contributed by atoms with E-state index in [1.54, 1.807) is 14.0 Å². The molecule has 0 aliphatic carbocycles. The molecular weight excluding hydrogens is 302 g/mol. The summed E-state index contributed by atoms with van der Waals surface area (Å²) in [6.45, 7) is 3.62. The van der Waals surface area contributed by atoms with Crippen molar-refractivity contribution in [1.82, 2.24) is 10.1 Å². The van der Waals surface area contributed by atoms with Crippen LogP contribution in [0.5, 0.6) is 5.75 Å². The summed E-state index contributed by atoms with van der Waals surface area (Å²) in [6.07, 6.45) is 0.223. The number of anilines is 1. The maximum atomic E-state index is 12.1. The van der Waals surface area contributed by atoms with E-state index in [4.69, 9.17) is 9.26 Å². The molecule has 0 atom stereocenters. The Bertz CT molecular complexity index is 818. The van der Waals surface area contributed by atoms with Crippen molar-refractivity contribution in [3.05, 3.63) is 35.2 Å². The zero-order chi connectivity index (χ0) is 15.7. The van der Waals surface area contributed by atoms with E-state index in [1.807, 2.05) is 25.1 Å². The minimum Gasteiger partial charge on any atom is -0.497 e. The Labute approximate surface area is 131 Å². The molecule has 0 fully saturated rings. The molecule has 6 nitrogen and oxygen atoms in total. The van der Waals surface area contributed by atoms with Gasteiger partial charge >= 0.3 is 0 Å². The first-order valence-corrected chi connectivity index (χ1v) is 7.54. The number of benzene rings is 1. The van der Waals surface area contributed by atoms with Gasteiger partial charge in [0.15, 0.2) is 5.13 Å². The topological polar surface area (TPSA) is 77.2 Å². The maximum Gasteiger partial charge on any atom is 0.230 e. The minimum atomic E-state index is -0.138. The fourth-order valence-corrected chi connectivity index (χ4v) is 3.03. The van der Waals surface area contributed by atoms with Crippen LogP contribution in [0.1, 0.15) is 17.0 Å². The number of nitrogens with one attached hydrogen (secondary N) is 1. The molecule has 3 aromatic rings. The quantitative estimate of drug-likeness (QED) is 0.800. The third kappa shape index (κ3) is 2.80. The van der Waals surface area contributed by atoms with Gasteiger partial charge < -0.3 is 14.6 Å². The molecule has 0 aliphatic heterocycles. The van der Waals surface area contributed by atoms with Gasteiger partial charge in [0.05, 0.1) is 29.4 Å². The highest BCUT2D eigenvalue weighted by Crippen LogP contribution is 2.29. The molecular formula is C15H15N3O3S. The number of methoxy groups -OCH3 is 1. The Morgan fingerprint density at radius 3 is 2.91 bits per heavy atom. The van der Waals surface area contributed by atoms with E-state index in [1.165, 1.54) is 11.3 Å². The number of ether oxygens (including phenoxy) is 1. The highest BCUT2D eigenvalue weighted by Gasteiger charge is 2.15. The van der Waals surface area contributed by atoms with Gasteiger partial charge in [-0.1, -0.05) is 16.5 Å². The van der Waals surface area contributed by atoms with Crippen molar-refractivity contribution in [3.8, 4) is 5.75 Å². The summed E-state index contributed by atoms with van der Waals surface area (Å²) >= 11 is 1.43. The molecule has 0 saturated heterocycles. The lowest BCUT2D eigenvalue weighted by atomic mass is 10.1.